The highest BCUT2D eigenvalue weighted by Crippen LogP contribution is 2.35. The Hall–Kier alpha value is -1.95. The van der Waals surface area contributed by atoms with E-state index >= 15 is 0 Å². The molecule has 2 aromatic rings. The standard InChI is InChI=1S/C13H9ClF4N2/c14-8-6-7(13(16,17)18)4-5-10(8)20-11-3-1-2-9(15)12(11)19/h1-6,20H,19H2. The average molecular weight is 305 g/mol. The Labute approximate surface area is 117 Å². The van der Waals surface area contributed by atoms with E-state index in [0.29, 0.717) is 0 Å². The maximum Gasteiger partial charge on any atom is 0.416 e. The fourth-order valence-corrected chi connectivity index (χ4v) is 1.81. The van der Waals surface area contributed by atoms with Crippen LogP contribution in [0.5, 0.6) is 0 Å². The maximum atomic E-state index is 13.3. The normalized spacial score (nSPS) is 11.4. The van der Waals surface area contributed by atoms with Crippen LogP contribution < -0.4 is 11.1 Å². The number of benzene rings is 2. The third-order valence-electron chi connectivity index (χ3n) is 2.62. The zero-order chi connectivity index (χ0) is 14.9. The highest BCUT2D eigenvalue weighted by molar-refractivity contribution is 6.33. The lowest BCUT2D eigenvalue weighted by molar-refractivity contribution is -0.137. The zero-order valence-electron chi connectivity index (χ0n) is 9.93. The molecule has 0 atom stereocenters. The Morgan fingerprint density at radius 3 is 2.35 bits per heavy atom. The van der Waals surface area contributed by atoms with Gasteiger partial charge in [0.05, 0.1) is 27.6 Å². The molecule has 0 radical (unpaired) electrons. The second kappa shape index (κ2) is 5.20. The van der Waals surface area contributed by atoms with Crippen LogP contribution in [-0.2, 0) is 6.18 Å². The van der Waals surface area contributed by atoms with Crippen LogP contribution in [0.25, 0.3) is 0 Å². The van der Waals surface area contributed by atoms with Crippen molar-refractivity contribution in [3.8, 4) is 0 Å². The first-order valence-corrected chi connectivity index (χ1v) is 5.84. The van der Waals surface area contributed by atoms with Gasteiger partial charge in [-0.3, -0.25) is 0 Å². The second-order valence-electron chi connectivity index (χ2n) is 4.02. The van der Waals surface area contributed by atoms with Gasteiger partial charge in [-0.25, -0.2) is 4.39 Å². The summed E-state index contributed by atoms with van der Waals surface area (Å²) in [6.45, 7) is 0. The van der Waals surface area contributed by atoms with Crippen molar-refractivity contribution in [3.05, 3.63) is 52.8 Å². The lowest BCUT2D eigenvalue weighted by atomic mass is 10.2. The molecule has 0 amide bonds. The van der Waals surface area contributed by atoms with Crippen LogP contribution in [0.3, 0.4) is 0 Å². The number of rotatable bonds is 2. The molecule has 0 bridgehead atoms. The minimum absolute atomic E-state index is 0.136. The van der Waals surface area contributed by atoms with Gasteiger partial charge in [-0.1, -0.05) is 17.7 Å². The van der Waals surface area contributed by atoms with Crippen molar-refractivity contribution < 1.29 is 17.6 Å². The van der Waals surface area contributed by atoms with Gasteiger partial charge in [-0.15, -0.1) is 0 Å². The van der Waals surface area contributed by atoms with Crippen molar-refractivity contribution in [2.24, 2.45) is 0 Å². The number of hydrogen-bond donors (Lipinski definition) is 2. The third kappa shape index (κ3) is 2.96. The minimum atomic E-state index is -4.47. The van der Waals surface area contributed by atoms with Crippen LogP contribution in [0, 0.1) is 5.82 Å². The van der Waals surface area contributed by atoms with E-state index in [2.05, 4.69) is 5.32 Å². The molecule has 0 saturated carbocycles. The molecule has 2 aromatic carbocycles. The quantitative estimate of drug-likeness (QED) is 0.616. The monoisotopic (exact) mass is 304 g/mol. The number of nitrogen functional groups attached to an aromatic ring is 1. The average Bonchev–Trinajstić information content (AvgIpc) is 2.36. The molecule has 3 N–H and O–H groups in total. The summed E-state index contributed by atoms with van der Waals surface area (Å²) in [6, 6.07) is 6.92. The molecule has 0 fully saturated rings. The van der Waals surface area contributed by atoms with Gasteiger partial charge in [0.15, 0.2) is 0 Å². The number of nitrogens with one attached hydrogen (secondary N) is 1. The number of halogens is 5. The van der Waals surface area contributed by atoms with E-state index in [1.54, 1.807) is 0 Å². The lowest BCUT2D eigenvalue weighted by Crippen LogP contribution is -2.05. The molecule has 0 aromatic heterocycles. The van der Waals surface area contributed by atoms with Crippen LogP contribution in [0.15, 0.2) is 36.4 Å². The summed E-state index contributed by atoms with van der Waals surface area (Å²) in [4.78, 5) is 0. The highest BCUT2D eigenvalue weighted by Gasteiger charge is 2.30. The zero-order valence-corrected chi connectivity index (χ0v) is 10.7. The highest BCUT2D eigenvalue weighted by atomic mass is 35.5. The number of hydrogen-bond acceptors (Lipinski definition) is 2. The fraction of sp³-hybridized carbons (Fsp3) is 0.0769. The lowest BCUT2D eigenvalue weighted by Gasteiger charge is -2.13. The summed E-state index contributed by atoms with van der Waals surface area (Å²) in [5.74, 6) is -0.627. The van der Waals surface area contributed by atoms with E-state index in [9.17, 15) is 17.6 Å². The molecule has 2 rings (SSSR count). The van der Waals surface area contributed by atoms with Crippen LogP contribution in [0.4, 0.5) is 34.6 Å². The van der Waals surface area contributed by atoms with Crippen molar-refractivity contribution in [2.75, 3.05) is 11.1 Å². The Kier molecular flexibility index (Phi) is 3.76. The third-order valence-corrected chi connectivity index (χ3v) is 2.93. The van der Waals surface area contributed by atoms with E-state index < -0.39 is 17.6 Å². The summed E-state index contributed by atoms with van der Waals surface area (Å²) in [5, 5.41) is 2.56. The molecule has 0 saturated heterocycles. The van der Waals surface area contributed by atoms with Crippen LogP contribution in [-0.4, -0.2) is 0 Å². The SMILES string of the molecule is Nc1c(F)cccc1Nc1ccc(C(F)(F)F)cc1Cl. The van der Waals surface area contributed by atoms with Crippen LogP contribution >= 0.6 is 11.6 Å². The Morgan fingerprint density at radius 2 is 1.75 bits per heavy atom. The van der Waals surface area contributed by atoms with Gasteiger partial charge in [-0.05, 0) is 30.3 Å². The molecule has 0 unspecified atom stereocenters. The maximum absolute atomic E-state index is 13.3. The molecule has 2 nitrogen and oxygen atoms in total. The summed E-state index contributed by atoms with van der Waals surface area (Å²) in [7, 11) is 0. The Morgan fingerprint density at radius 1 is 1.05 bits per heavy atom. The summed E-state index contributed by atoms with van der Waals surface area (Å²) < 4.78 is 50.7. The summed E-state index contributed by atoms with van der Waals surface area (Å²) in [5.41, 5.74) is 4.96. The van der Waals surface area contributed by atoms with Crippen LogP contribution in [0.2, 0.25) is 5.02 Å². The van der Waals surface area contributed by atoms with Gasteiger partial charge >= 0.3 is 6.18 Å². The van der Waals surface area contributed by atoms with Crippen LogP contribution in [0.1, 0.15) is 5.56 Å². The number of para-hydroxylation sites is 1. The molecule has 106 valence electrons. The van der Waals surface area contributed by atoms with E-state index in [-0.39, 0.29) is 22.1 Å². The summed E-state index contributed by atoms with van der Waals surface area (Å²) >= 11 is 5.78. The van der Waals surface area contributed by atoms with Gasteiger partial charge in [-0.2, -0.15) is 13.2 Å². The van der Waals surface area contributed by atoms with Crippen molar-refractivity contribution in [1.82, 2.24) is 0 Å². The molecule has 0 aliphatic heterocycles. The van der Waals surface area contributed by atoms with Gasteiger partial charge in [0.1, 0.15) is 5.82 Å². The topological polar surface area (TPSA) is 38.0 Å². The second-order valence-corrected chi connectivity index (χ2v) is 4.43. The molecule has 0 heterocycles. The first kappa shape index (κ1) is 14.5. The summed E-state index contributed by atoms with van der Waals surface area (Å²) in [6.07, 6.45) is -4.47. The van der Waals surface area contributed by atoms with Gasteiger partial charge < -0.3 is 11.1 Å². The van der Waals surface area contributed by atoms with Crippen molar-refractivity contribution in [3.63, 3.8) is 0 Å². The van der Waals surface area contributed by atoms with E-state index in [1.165, 1.54) is 18.2 Å². The van der Waals surface area contributed by atoms with Crippen molar-refractivity contribution >= 4 is 28.7 Å². The molecule has 0 aliphatic rings. The Balaban J connectivity index is 2.33. The number of alkyl halides is 3. The van der Waals surface area contributed by atoms with Gasteiger partial charge in [0.25, 0.3) is 0 Å². The molecule has 0 spiro atoms. The largest absolute Gasteiger partial charge is 0.416 e. The van der Waals surface area contributed by atoms with E-state index in [4.69, 9.17) is 17.3 Å². The molecule has 7 heteroatoms. The smallest absolute Gasteiger partial charge is 0.395 e. The first-order valence-electron chi connectivity index (χ1n) is 5.47. The first-order chi connectivity index (χ1) is 9.29. The van der Waals surface area contributed by atoms with E-state index in [1.807, 2.05) is 0 Å². The fourth-order valence-electron chi connectivity index (χ4n) is 1.58. The Bertz CT molecular complexity index is 641. The van der Waals surface area contributed by atoms with Crippen molar-refractivity contribution in [1.29, 1.82) is 0 Å². The minimum Gasteiger partial charge on any atom is -0.395 e. The predicted molar refractivity (Wildman–Crippen MR) is 70.5 cm³/mol. The number of anilines is 3. The van der Waals surface area contributed by atoms with Crippen molar-refractivity contribution in [2.45, 2.75) is 6.18 Å². The van der Waals surface area contributed by atoms with E-state index in [0.717, 1.165) is 18.2 Å². The van der Waals surface area contributed by atoms with Gasteiger partial charge in [0.2, 0.25) is 0 Å². The predicted octanol–water partition coefficient (Wildman–Crippen LogP) is 4.82. The molecule has 0 aliphatic carbocycles. The molecular formula is C13H9ClF4N2. The molecule has 20 heavy (non-hydrogen) atoms. The van der Waals surface area contributed by atoms with Gasteiger partial charge in [0, 0.05) is 0 Å². The molecular weight excluding hydrogens is 296 g/mol. The number of nitrogens with two attached hydrogens (primary N) is 1.